The summed E-state index contributed by atoms with van der Waals surface area (Å²) in [5, 5.41) is 10.1. The summed E-state index contributed by atoms with van der Waals surface area (Å²) in [5.74, 6) is -0.280. The molecule has 0 heterocycles. The maximum absolute atomic E-state index is 12.1. The van der Waals surface area contributed by atoms with Crippen molar-refractivity contribution in [3.05, 3.63) is 83.2 Å². The standard InChI is InChI=1S/C19H10Br4O5S/c20-12-5-9(6-13(21)18(12)24)17(10-7-14(22)19(25)15(23)8-10)11-3-1-2-4-16(11)29(26,27)28/h1-8,24H,(H,26,27,28). The number of carbonyl (C=O) groups excluding carboxylic acids is 1. The van der Waals surface area contributed by atoms with Crippen LogP contribution in [0.5, 0.6) is 5.75 Å². The first-order chi connectivity index (χ1) is 13.5. The molecule has 2 aromatic rings. The quantitative estimate of drug-likeness (QED) is 0.385. The zero-order valence-corrected chi connectivity index (χ0v) is 21.3. The van der Waals surface area contributed by atoms with Crippen molar-refractivity contribution in [2.45, 2.75) is 4.90 Å². The monoisotopic (exact) mass is 666 g/mol. The predicted molar refractivity (Wildman–Crippen MR) is 125 cm³/mol. The first-order valence-electron chi connectivity index (χ1n) is 7.79. The maximum atomic E-state index is 12.1. The Morgan fingerprint density at radius 3 is 1.93 bits per heavy atom. The second kappa shape index (κ2) is 8.60. The Bertz CT molecular complexity index is 1200. The summed E-state index contributed by atoms with van der Waals surface area (Å²) in [5.41, 5.74) is 1.72. The van der Waals surface area contributed by atoms with Crippen LogP contribution in [0.3, 0.4) is 0 Å². The second-order valence-electron chi connectivity index (χ2n) is 5.90. The van der Waals surface area contributed by atoms with Gasteiger partial charge in [0.25, 0.3) is 10.1 Å². The molecule has 1 aliphatic rings. The van der Waals surface area contributed by atoms with E-state index in [4.69, 9.17) is 0 Å². The predicted octanol–water partition coefficient (Wildman–Crippen LogP) is 6.11. The fraction of sp³-hybridized carbons (Fsp3) is 0. The average Bonchev–Trinajstić information content (AvgIpc) is 2.64. The van der Waals surface area contributed by atoms with Crippen LogP contribution < -0.4 is 0 Å². The molecule has 2 aromatic carbocycles. The summed E-state index contributed by atoms with van der Waals surface area (Å²) in [6.45, 7) is 0. The summed E-state index contributed by atoms with van der Waals surface area (Å²) < 4.78 is 35.1. The molecule has 0 unspecified atom stereocenters. The third-order valence-electron chi connectivity index (χ3n) is 4.03. The van der Waals surface area contributed by atoms with Gasteiger partial charge in [-0.1, -0.05) is 18.2 Å². The maximum Gasteiger partial charge on any atom is 0.295 e. The minimum absolute atomic E-state index is 0.0200. The Hall–Kier alpha value is -1.04. The van der Waals surface area contributed by atoms with Gasteiger partial charge in [0, 0.05) is 5.56 Å². The number of halogens is 4. The van der Waals surface area contributed by atoms with E-state index < -0.39 is 10.1 Å². The Labute approximate surface area is 200 Å². The van der Waals surface area contributed by atoms with E-state index in [0.717, 1.165) is 0 Å². The van der Waals surface area contributed by atoms with Crippen LogP contribution in [-0.4, -0.2) is 23.9 Å². The summed E-state index contributed by atoms with van der Waals surface area (Å²) in [4.78, 5) is 11.8. The number of Topliss-reactive ketones (excluding diaryl/α,β-unsaturated/α-hetero) is 1. The van der Waals surface area contributed by atoms with Crippen LogP contribution in [0.25, 0.3) is 5.57 Å². The van der Waals surface area contributed by atoms with E-state index in [1.54, 1.807) is 36.4 Å². The molecule has 0 aliphatic heterocycles. The molecule has 0 atom stereocenters. The molecule has 0 fully saturated rings. The van der Waals surface area contributed by atoms with Crippen LogP contribution in [-0.2, 0) is 14.9 Å². The van der Waals surface area contributed by atoms with Gasteiger partial charge in [0.15, 0.2) is 0 Å². The summed E-state index contributed by atoms with van der Waals surface area (Å²) in [6, 6.07) is 9.22. The molecule has 29 heavy (non-hydrogen) atoms. The molecule has 0 spiro atoms. The second-order valence-corrected chi connectivity index (χ2v) is 10.7. The average molecular weight is 670 g/mol. The molecule has 1 aliphatic carbocycles. The highest BCUT2D eigenvalue weighted by Gasteiger charge is 2.24. The SMILES string of the molecule is O=C1C(Br)=CC(=C(c2cc(Br)c(O)c(Br)c2)c2ccccc2S(=O)(=O)O)C=C1Br. The molecule has 10 heteroatoms. The van der Waals surface area contributed by atoms with Crippen molar-refractivity contribution in [2.24, 2.45) is 0 Å². The van der Waals surface area contributed by atoms with Gasteiger partial charge < -0.3 is 5.11 Å². The van der Waals surface area contributed by atoms with Gasteiger partial charge >= 0.3 is 0 Å². The van der Waals surface area contributed by atoms with E-state index in [2.05, 4.69) is 63.7 Å². The molecule has 3 rings (SSSR count). The lowest BCUT2D eigenvalue weighted by atomic mass is 9.91. The van der Waals surface area contributed by atoms with Crippen LogP contribution in [0.2, 0.25) is 0 Å². The Balaban J connectivity index is 2.47. The van der Waals surface area contributed by atoms with Crippen LogP contribution >= 0.6 is 63.7 Å². The number of hydrogen-bond acceptors (Lipinski definition) is 4. The summed E-state index contributed by atoms with van der Waals surface area (Å²) >= 11 is 13.0. The Morgan fingerprint density at radius 1 is 0.897 bits per heavy atom. The number of phenols is 1. The minimum atomic E-state index is -4.53. The van der Waals surface area contributed by atoms with Crippen molar-refractivity contribution in [1.29, 1.82) is 0 Å². The van der Waals surface area contributed by atoms with Gasteiger partial charge in [-0.05, 0) is 111 Å². The van der Waals surface area contributed by atoms with Gasteiger partial charge in [-0.15, -0.1) is 0 Å². The van der Waals surface area contributed by atoms with E-state index >= 15 is 0 Å². The van der Waals surface area contributed by atoms with Crippen molar-refractivity contribution in [1.82, 2.24) is 0 Å². The highest BCUT2D eigenvalue weighted by Crippen LogP contribution is 2.41. The van der Waals surface area contributed by atoms with Crippen molar-refractivity contribution in [3.63, 3.8) is 0 Å². The minimum Gasteiger partial charge on any atom is -0.506 e. The molecular weight excluding hydrogens is 660 g/mol. The first kappa shape index (κ1) is 22.6. The zero-order valence-electron chi connectivity index (χ0n) is 14.2. The van der Waals surface area contributed by atoms with E-state index in [0.29, 0.717) is 25.7 Å². The van der Waals surface area contributed by atoms with Crippen molar-refractivity contribution < 1.29 is 22.9 Å². The van der Waals surface area contributed by atoms with Gasteiger partial charge in [-0.25, -0.2) is 0 Å². The lowest BCUT2D eigenvalue weighted by Crippen LogP contribution is -2.07. The van der Waals surface area contributed by atoms with Crippen molar-refractivity contribution in [3.8, 4) is 5.75 Å². The number of benzene rings is 2. The topological polar surface area (TPSA) is 91.7 Å². The van der Waals surface area contributed by atoms with Gasteiger partial charge in [0.05, 0.1) is 17.9 Å². The Kier molecular flexibility index (Phi) is 6.72. The van der Waals surface area contributed by atoms with E-state index in [1.807, 2.05) is 0 Å². The number of allylic oxidation sites excluding steroid dienone is 5. The molecule has 0 amide bonds. The lowest BCUT2D eigenvalue weighted by molar-refractivity contribution is -0.110. The van der Waals surface area contributed by atoms with Crippen LogP contribution in [0, 0.1) is 0 Å². The van der Waals surface area contributed by atoms with Gasteiger partial charge in [-0.2, -0.15) is 8.42 Å². The fourth-order valence-electron chi connectivity index (χ4n) is 2.79. The van der Waals surface area contributed by atoms with Gasteiger partial charge in [0.1, 0.15) is 10.6 Å². The molecule has 0 saturated heterocycles. The normalized spacial score (nSPS) is 14.5. The molecule has 2 N–H and O–H groups in total. The molecule has 0 aromatic heterocycles. The number of ketones is 1. The summed E-state index contributed by atoms with van der Waals surface area (Å²) in [6.07, 6.45) is 3.13. The molecule has 0 bridgehead atoms. The van der Waals surface area contributed by atoms with Crippen molar-refractivity contribution in [2.75, 3.05) is 0 Å². The van der Waals surface area contributed by atoms with Crippen molar-refractivity contribution >= 4 is 85.2 Å². The number of carbonyl (C=O) groups is 1. The first-order valence-corrected chi connectivity index (χ1v) is 12.4. The molecular formula is C19H10Br4O5S. The zero-order chi connectivity index (χ0) is 21.5. The number of rotatable bonds is 3. The molecule has 5 nitrogen and oxygen atoms in total. The lowest BCUT2D eigenvalue weighted by Gasteiger charge is -2.18. The third kappa shape index (κ3) is 4.67. The number of phenolic OH excluding ortho intramolecular Hbond substituents is 1. The van der Waals surface area contributed by atoms with Crippen LogP contribution in [0.4, 0.5) is 0 Å². The molecule has 150 valence electrons. The Morgan fingerprint density at radius 2 is 1.41 bits per heavy atom. The third-order valence-corrected chi connectivity index (χ3v) is 7.33. The van der Waals surface area contributed by atoms with E-state index in [1.165, 1.54) is 12.1 Å². The highest BCUT2D eigenvalue weighted by molar-refractivity contribution is 9.13. The van der Waals surface area contributed by atoms with Gasteiger partial charge in [0.2, 0.25) is 5.78 Å². The van der Waals surface area contributed by atoms with E-state index in [9.17, 15) is 22.9 Å². The van der Waals surface area contributed by atoms with Gasteiger partial charge in [-0.3, -0.25) is 9.35 Å². The largest absolute Gasteiger partial charge is 0.506 e. The number of hydrogen-bond donors (Lipinski definition) is 2. The molecule has 0 radical (unpaired) electrons. The smallest absolute Gasteiger partial charge is 0.295 e. The van der Waals surface area contributed by atoms with Crippen LogP contribution in [0.15, 0.2) is 76.9 Å². The fourth-order valence-corrected chi connectivity index (χ4v) is 5.86. The number of aromatic hydroxyl groups is 1. The highest BCUT2D eigenvalue weighted by atomic mass is 79.9. The molecule has 0 saturated carbocycles. The van der Waals surface area contributed by atoms with Crippen LogP contribution in [0.1, 0.15) is 11.1 Å². The summed E-state index contributed by atoms with van der Waals surface area (Å²) in [7, 11) is -4.53. The van der Waals surface area contributed by atoms with E-state index in [-0.39, 0.29) is 31.0 Å².